The van der Waals surface area contributed by atoms with Gasteiger partial charge in [-0.25, -0.2) is 8.42 Å². The number of benzene rings is 1. The number of rotatable bonds is 4. The molecule has 0 atom stereocenters. The average Bonchev–Trinajstić information content (AvgIpc) is 2.24. The van der Waals surface area contributed by atoms with E-state index >= 15 is 0 Å². The topological polar surface area (TPSA) is 94.3 Å². The number of sulfone groups is 1. The van der Waals surface area contributed by atoms with Crippen LogP contribution in [0.5, 0.6) is 0 Å². The largest absolute Gasteiger partial charge is 0.294 e. The van der Waals surface area contributed by atoms with Crippen LogP contribution in [0.4, 0.5) is 5.69 Å². The number of hydrogen-bond donors (Lipinski definition) is 0. The van der Waals surface area contributed by atoms with Crippen molar-refractivity contribution in [2.45, 2.75) is 6.92 Å². The van der Waals surface area contributed by atoms with Crippen LogP contribution in [-0.2, 0) is 14.6 Å². The van der Waals surface area contributed by atoms with Gasteiger partial charge in [-0.1, -0.05) is 12.1 Å². The Labute approximate surface area is 104 Å². The van der Waals surface area contributed by atoms with Crippen LogP contribution in [0, 0.1) is 10.1 Å². The van der Waals surface area contributed by atoms with E-state index in [0.717, 1.165) is 19.3 Å². The molecule has 0 aliphatic carbocycles. The lowest BCUT2D eigenvalue weighted by atomic mass is 10.1. The summed E-state index contributed by atoms with van der Waals surface area (Å²) >= 11 is 0. The van der Waals surface area contributed by atoms with Gasteiger partial charge in [0.2, 0.25) is 0 Å². The van der Waals surface area contributed by atoms with E-state index in [1.54, 1.807) is 0 Å². The Morgan fingerprint density at radius 2 is 1.89 bits per heavy atom. The summed E-state index contributed by atoms with van der Waals surface area (Å²) in [5, 5.41) is 10.8. The summed E-state index contributed by atoms with van der Waals surface area (Å²) in [5.41, 5.74) is -0.168. The lowest BCUT2D eigenvalue weighted by Gasteiger charge is -2.01. The molecule has 96 valence electrons. The smallest absolute Gasteiger partial charge is 0.276 e. The first kappa shape index (κ1) is 14.0. The number of nitrogens with zero attached hydrogens (tertiary/aromatic N) is 1. The second kappa shape index (κ2) is 5.09. The van der Waals surface area contributed by atoms with Crippen molar-refractivity contribution < 1.29 is 18.1 Å². The highest BCUT2D eigenvalue weighted by Crippen LogP contribution is 2.22. The van der Waals surface area contributed by atoms with Crippen molar-refractivity contribution in [1.82, 2.24) is 0 Å². The summed E-state index contributed by atoms with van der Waals surface area (Å²) in [6.07, 6.45) is 1.91. The Morgan fingerprint density at radius 3 is 2.33 bits per heavy atom. The van der Waals surface area contributed by atoms with Gasteiger partial charge in [0.15, 0.2) is 15.6 Å². The molecule has 0 aliphatic heterocycles. The Hall–Kier alpha value is -2.02. The predicted octanol–water partition coefficient (Wildman–Crippen LogP) is 1.57. The summed E-state index contributed by atoms with van der Waals surface area (Å²) in [6, 6.07) is 5.61. The zero-order chi connectivity index (χ0) is 13.9. The summed E-state index contributed by atoms with van der Waals surface area (Å²) in [4.78, 5) is 20.9. The number of carbonyl (C=O) groups excluding carboxylic acids is 1. The molecule has 0 aliphatic rings. The van der Waals surface area contributed by atoms with E-state index in [1.165, 1.54) is 24.3 Å². The van der Waals surface area contributed by atoms with Gasteiger partial charge in [-0.05, 0) is 19.1 Å². The van der Waals surface area contributed by atoms with Crippen LogP contribution in [-0.4, -0.2) is 25.4 Å². The average molecular weight is 269 g/mol. The molecule has 1 rings (SSSR count). The van der Waals surface area contributed by atoms with Gasteiger partial charge < -0.3 is 0 Å². The number of Topliss-reactive ketones (excluding diaryl/α,β-unsaturated/α-hetero) is 1. The van der Waals surface area contributed by atoms with Crippen molar-refractivity contribution in [1.29, 1.82) is 0 Å². The molecular weight excluding hydrogens is 258 g/mol. The van der Waals surface area contributed by atoms with Gasteiger partial charge in [-0.2, -0.15) is 0 Å². The number of nitro groups is 1. The molecule has 0 spiro atoms. The van der Waals surface area contributed by atoms with Crippen molar-refractivity contribution in [3.8, 4) is 0 Å². The first-order valence-corrected chi connectivity index (χ1v) is 6.78. The molecule has 0 bridgehead atoms. The van der Waals surface area contributed by atoms with Crippen LogP contribution in [0.3, 0.4) is 0 Å². The fraction of sp³-hybridized carbons (Fsp3) is 0.182. The minimum absolute atomic E-state index is 0.0816. The maximum Gasteiger partial charge on any atom is 0.276 e. The van der Waals surface area contributed by atoms with E-state index in [1.807, 2.05) is 0 Å². The van der Waals surface area contributed by atoms with E-state index in [4.69, 9.17) is 0 Å². The number of para-hydroxylation sites is 1. The van der Waals surface area contributed by atoms with Crippen molar-refractivity contribution in [3.05, 3.63) is 44.8 Å². The Balaban J connectivity index is 3.48. The maximum absolute atomic E-state index is 11.4. The molecule has 0 fully saturated rings. The molecule has 0 unspecified atom stereocenters. The Kier molecular flexibility index (Phi) is 3.97. The van der Waals surface area contributed by atoms with E-state index in [0.29, 0.717) is 0 Å². The summed E-state index contributed by atoms with van der Waals surface area (Å²) in [5.74, 6) is -0.657. The molecule has 6 nitrogen and oxygen atoms in total. The highest BCUT2D eigenvalue weighted by molar-refractivity contribution is 7.95. The molecule has 7 heteroatoms. The van der Waals surface area contributed by atoms with Gasteiger partial charge in [-0.15, -0.1) is 0 Å². The normalized spacial score (nSPS) is 12.2. The van der Waals surface area contributed by atoms with E-state index in [9.17, 15) is 23.3 Å². The number of carbonyl (C=O) groups is 1. The van der Waals surface area contributed by atoms with Gasteiger partial charge in [0.1, 0.15) is 4.91 Å². The monoisotopic (exact) mass is 269 g/mol. The van der Waals surface area contributed by atoms with Crippen LogP contribution in [0.15, 0.2) is 29.2 Å². The van der Waals surface area contributed by atoms with Crippen molar-refractivity contribution in [3.63, 3.8) is 0 Å². The quantitative estimate of drug-likeness (QED) is 0.469. The molecule has 0 heterocycles. The molecule has 0 saturated carbocycles. The number of hydrogen-bond acceptors (Lipinski definition) is 5. The van der Waals surface area contributed by atoms with Crippen molar-refractivity contribution in [2.75, 3.05) is 6.26 Å². The zero-order valence-electron chi connectivity index (χ0n) is 9.78. The van der Waals surface area contributed by atoms with Crippen LogP contribution >= 0.6 is 0 Å². The molecule has 0 N–H and O–H groups in total. The van der Waals surface area contributed by atoms with Crippen LogP contribution in [0.1, 0.15) is 12.5 Å². The molecule has 0 saturated heterocycles. The summed E-state index contributed by atoms with van der Waals surface area (Å²) in [7, 11) is -3.72. The maximum atomic E-state index is 11.4. The lowest BCUT2D eigenvalue weighted by molar-refractivity contribution is -0.385. The molecule has 18 heavy (non-hydrogen) atoms. The highest BCUT2D eigenvalue weighted by atomic mass is 32.2. The minimum atomic E-state index is -3.72. The first-order chi connectivity index (χ1) is 8.23. The number of allylic oxidation sites excluding steroid dienone is 1. The Bertz CT molecular complexity index is 631. The number of nitro benzene ring substituents is 1. The standard InChI is InChI=1S/C11H11NO5S/c1-8(13)11(18(2,16)17)7-9-5-3-4-6-10(9)12(14)15/h3-7H,1-2H3/b11-7+. The molecule has 0 amide bonds. The van der Waals surface area contributed by atoms with Gasteiger partial charge in [0, 0.05) is 12.3 Å². The van der Waals surface area contributed by atoms with Gasteiger partial charge >= 0.3 is 0 Å². The lowest BCUT2D eigenvalue weighted by Crippen LogP contribution is -2.09. The molecule has 1 aromatic rings. The molecular formula is C11H11NO5S. The number of ketones is 1. The van der Waals surface area contributed by atoms with E-state index in [-0.39, 0.29) is 11.3 Å². The Morgan fingerprint density at radius 1 is 1.33 bits per heavy atom. The SMILES string of the molecule is CC(=O)/C(=C\c1ccccc1[N+](=O)[O-])S(C)(=O)=O. The van der Waals surface area contributed by atoms with Gasteiger partial charge in [-0.3, -0.25) is 14.9 Å². The predicted molar refractivity (Wildman–Crippen MR) is 66.6 cm³/mol. The van der Waals surface area contributed by atoms with Crippen LogP contribution in [0.25, 0.3) is 6.08 Å². The third-order valence-electron chi connectivity index (χ3n) is 2.17. The minimum Gasteiger partial charge on any atom is -0.294 e. The molecule has 1 aromatic carbocycles. The summed E-state index contributed by atoms with van der Waals surface area (Å²) in [6.45, 7) is 1.10. The van der Waals surface area contributed by atoms with Crippen LogP contribution in [0.2, 0.25) is 0 Å². The molecule has 0 radical (unpaired) electrons. The van der Waals surface area contributed by atoms with Crippen LogP contribution < -0.4 is 0 Å². The summed E-state index contributed by atoms with van der Waals surface area (Å²) < 4.78 is 22.8. The van der Waals surface area contributed by atoms with Gasteiger partial charge in [0.05, 0.1) is 10.5 Å². The second-order valence-electron chi connectivity index (χ2n) is 3.65. The second-order valence-corrected chi connectivity index (χ2v) is 5.64. The van der Waals surface area contributed by atoms with Gasteiger partial charge in [0.25, 0.3) is 5.69 Å². The zero-order valence-corrected chi connectivity index (χ0v) is 10.6. The van der Waals surface area contributed by atoms with Crippen molar-refractivity contribution in [2.24, 2.45) is 0 Å². The highest BCUT2D eigenvalue weighted by Gasteiger charge is 2.19. The van der Waals surface area contributed by atoms with Crippen molar-refractivity contribution >= 4 is 27.4 Å². The molecule has 0 aromatic heterocycles. The third kappa shape index (κ3) is 3.24. The fourth-order valence-electron chi connectivity index (χ4n) is 1.39. The third-order valence-corrected chi connectivity index (χ3v) is 3.37. The first-order valence-electron chi connectivity index (χ1n) is 4.89. The fourth-order valence-corrected chi connectivity index (χ4v) is 2.25. The van der Waals surface area contributed by atoms with E-state index in [2.05, 4.69) is 0 Å². The van der Waals surface area contributed by atoms with E-state index < -0.39 is 25.4 Å².